The maximum Gasteiger partial charge on any atom is 0.273 e. The van der Waals surface area contributed by atoms with E-state index in [-0.39, 0.29) is 5.91 Å². The molecule has 2 rings (SSSR count). The Labute approximate surface area is 112 Å². The molecule has 0 aromatic carbocycles. The van der Waals surface area contributed by atoms with Crippen LogP contribution in [-0.2, 0) is 6.54 Å². The van der Waals surface area contributed by atoms with Gasteiger partial charge in [-0.05, 0) is 31.5 Å². The van der Waals surface area contributed by atoms with Crippen LogP contribution in [0.3, 0.4) is 0 Å². The van der Waals surface area contributed by atoms with Crippen LogP contribution in [0.5, 0.6) is 0 Å². The van der Waals surface area contributed by atoms with Gasteiger partial charge in [0, 0.05) is 18.4 Å². The molecule has 0 unspecified atom stereocenters. The molecule has 3 N–H and O–H groups in total. The third-order valence-corrected chi connectivity index (χ3v) is 2.74. The molecular formula is C14H18N4O. The number of nitrogens with two attached hydrogens (primary N) is 1. The first-order chi connectivity index (χ1) is 9.10. The predicted octanol–water partition coefficient (Wildman–Crippen LogP) is 2.44. The summed E-state index contributed by atoms with van der Waals surface area (Å²) in [4.78, 5) is 16.5. The lowest BCUT2D eigenvalue weighted by atomic mass is 10.3. The Morgan fingerprint density at radius 2 is 2.26 bits per heavy atom. The summed E-state index contributed by atoms with van der Waals surface area (Å²) >= 11 is 0. The van der Waals surface area contributed by atoms with Gasteiger partial charge in [-0.2, -0.15) is 0 Å². The number of nitrogens with one attached hydrogen (secondary N) is 1. The van der Waals surface area contributed by atoms with Gasteiger partial charge in [0.05, 0.1) is 5.69 Å². The monoisotopic (exact) mass is 258 g/mol. The lowest BCUT2D eigenvalue weighted by Crippen LogP contribution is -2.17. The van der Waals surface area contributed by atoms with E-state index in [1.54, 1.807) is 18.3 Å². The molecule has 0 bridgehead atoms. The zero-order valence-corrected chi connectivity index (χ0v) is 11.2. The van der Waals surface area contributed by atoms with Crippen LogP contribution in [0.1, 0.15) is 29.5 Å². The van der Waals surface area contributed by atoms with Crippen molar-refractivity contribution in [3.8, 4) is 0 Å². The number of hydrogen-bond acceptors (Lipinski definition) is 3. The van der Waals surface area contributed by atoms with Gasteiger partial charge in [-0.1, -0.05) is 13.0 Å². The van der Waals surface area contributed by atoms with Gasteiger partial charge in [-0.15, -0.1) is 0 Å². The topological polar surface area (TPSA) is 72.9 Å². The van der Waals surface area contributed by atoms with Crippen LogP contribution in [0, 0.1) is 6.92 Å². The van der Waals surface area contributed by atoms with E-state index >= 15 is 0 Å². The minimum Gasteiger partial charge on any atom is -0.397 e. The van der Waals surface area contributed by atoms with Crippen LogP contribution in [0.2, 0.25) is 0 Å². The number of pyridine rings is 1. The van der Waals surface area contributed by atoms with Crippen molar-refractivity contribution in [1.82, 2.24) is 9.55 Å². The van der Waals surface area contributed by atoms with Crippen molar-refractivity contribution in [3.05, 3.63) is 41.9 Å². The summed E-state index contributed by atoms with van der Waals surface area (Å²) in [6, 6.07) is 7.19. The molecule has 0 radical (unpaired) electrons. The summed E-state index contributed by atoms with van der Waals surface area (Å²) in [6.45, 7) is 4.70. The van der Waals surface area contributed by atoms with Crippen LogP contribution in [0.4, 0.5) is 11.5 Å². The molecule has 2 heterocycles. The van der Waals surface area contributed by atoms with E-state index < -0.39 is 0 Å². The molecule has 5 heteroatoms. The lowest BCUT2D eigenvalue weighted by molar-refractivity contribution is 0.101. The van der Waals surface area contributed by atoms with Crippen LogP contribution in [-0.4, -0.2) is 15.5 Å². The zero-order chi connectivity index (χ0) is 13.8. The molecule has 0 aliphatic heterocycles. The second-order valence-electron chi connectivity index (χ2n) is 4.47. The number of carbonyl (C=O) groups is 1. The second kappa shape index (κ2) is 5.56. The van der Waals surface area contributed by atoms with Crippen molar-refractivity contribution in [2.45, 2.75) is 26.8 Å². The van der Waals surface area contributed by atoms with Gasteiger partial charge in [-0.25, -0.2) is 4.98 Å². The molecular weight excluding hydrogens is 240 g/mol. The van der Waals surface area contributed by atoms with Gasteiger partial charge in [-0.3, -0.25) is 4.79 Å². The average Bonchev–Trinajstić information content (AvgIpc) is 2.71. The fourth-order valence-electron chi connectivity index (χ4n) is 1.94. The number of aryl methyl sites for hydroxylation is 2. The number of nitrogens with zero attached hydrogens (tertiary/aromatic N) is 2. The first kappa shape index (κ1) is 13.1. The lowest BCUT2D eigenvalue weighted by Gasteiger charge is -2.08. The largest absolute Gasteiger partial charge is 0.397 e. The Bertz CT molecular complexity index is 589. The minimum absolute atomic E-state index is 0.191. The first-order valence-corrected chi connectivity index (χ1v) is 6.31. The molecule has 0 aliphatic carbocycles. The van der Waals surface area contributed by atoms with Crippen molar-refractivity contribution in [3.63, 3.8) is 0 Å². The van der Waals surface area contributed by atoms with Gasteiger partial charge in [0.2, 0.25) is 0 Å². The van der Waals surface area contributed by atoms with E-state index in [0.29, 0.717) is 17.2 Å². The number of hydrogen-bond donors (Lipinski definition) is 2. The highest BCUT2D eigenvalue weighted by molar-refractivity contribution is 6.03. The quantitative estimate of drug-likeness (QED) is 0.884. The third kappa shape index (κ3) is 3.13. The van der Waals surface area contributed by atoms with Gasteiger partial charge in [0.25, 0.3) is 5.91 Å². The molecule has 0 saturated heterocycles. The summed E-state index contributed by atoms with van der Waals surface area (Å²) in [5.74, 6) is 0.357. The fraction of sp³-hybridized carbons (Fsp3) is 0.286. The molecule has 2 aromatic rings. The molecule has 1 amide bonds. The van der Waals surface area contributed by atoms with Crippen molar-refractivity contribution >= 4 is 17.4 Å². The SMILES string of the molecule is CCCn1cc(N)cc1C(=O)Nc1cccc(C)n1. The summed E-state index contributed by atoms with van der Waals surface area (Å²) < 4.78 is 1.86. The number of nitrogen functional groups attached to an aromatic ring is 1. The van der Waals surface area contributed by atoms with E-state index in [4.69, 9.17) is 5.73 Å². The summed E-state index contributed by atoms with van der Waals surface area (Å²) in [6.07, 6.45) is 2.72. The summed E-state index contributed by atoms with van der Waals surface area (Å²) in [5, 5.41) is 2.78. The van der Waals surface area contributed by atoms with E-state index in [1.165, 1.54) is 0 Å². The average molecular weight is 258 g/mol. The highest BCUT2D eigenvalue weighted by Gasteiger charge is 2.13. The predicted molar refractivity (Wildman–Crippen MR) is 76.1 cm³/mol. The molecule has 100 valence electrons. The Morgan fingerprint density at radius 1 is 1.47 bits per heavy atom. The van der Waals surface area contributed by atoms with Gasteiger partial charge >= 0.3 is 0 Å². The van der Waals surface area contributed by atoms with E-state index in [0.717, 1.165) is 18.7 Å². The molecule has 0 spiro atoms. The van der Waals surface area contributed by atoms with Crippen LogP contribution in [0.25, 0.3) is 0 Å². The van der Waals surface area contributed by atoms with Crippen molar-refractivity contribution < 1.29 is 4.79 Å². The highest BCUT2D eigenvalue weighted by atomic mass is 16.2. The first-order valence-electron chi connectivity index (χ1n) is 6.31. The van der Waals surface area contributed by atoms with Crippen LogP contribution >= 0.6 is 0 Å². The minimum atomic E-state index is -0.191. The Morgan fingerprint density at radius 3 is 2.95 bits per heavy atom. The maximum atomic E-state index is 12.2. The van der Waals surface area contributed by atoms with E-state index in [9.17, 15) is 4.79 Å². The smallest absolute Gasteiger partial charge is 0.273 e. The number of aromatic nitrogens is 2. The molecule has 2 aromatic heterocycles. The number of anilines is 2. The van der Waals surface area contributed by atoms with Crippen LogP contribution < -0.4 is 11.1 Å². The van der Waals surface area contributed by atoms with Gasteiger partial charge < -0.3 is 15.6 Å². The Kier molecular flexibility index (Phi) is 3.85. The second-order valence-corrected chi connectivity index (χ2v) is 4.47. The van der Waals surface area contributed by atoms with Gasteiger partial charge in [0.15, 0.2) is 0 Å². The third-order valence-electron chi connectivity index (χ3n) is 2.74. The van der Waals surface area contributed by atoms with E-state index in [1.807, 2.05) is 23.6 Å². The molecule has 19 heavy (non-hydrogen) atoms. The van der Waals surface area contributed by atoms with Crippen molar-refractivity contribution in [2.75, 3.05) is 11.1 Å². The van der Waals surface area contributed by atoms with E-state index in [2.05, 4.69) is 17.2 Å². The maximum absolute atomic E-state index is 12.2. The molecule has 0 saturated carbocycles. The molecule has 0 aliphatic rings. The number of rotatable bonds is 4. The number of amides is 1. The molecule has 5 nitrogen and oxygen atoms in total. The molecule has 0 fully saturated rings. The Balaban J connectivity index is 2.20. The summed E-state index contributed by atoms with van der Waals surface area (Å²) in [7, 11) is 0. The van der Waals surface area contributed by atoms with Crippen molar-refractivity contribution in [2.24, 2.45) is 0 Å². The Hall–Kier alpha value is -2.30. The van der Waals surface area contributed by atoms with Gasteiger partial charge in [0.1, 0.15) is 11.5 Å². The number of carbonyl (C=O) groups excluding carboxylic acids is 1. The summed E-state index contributed by atoms with van der Waals surface area (Å²) in [5.41, 5.74) is 7.76. The highest BCUT2D eigenvalue weighted by Crippen LogP contribution is 2.13. The zero-order valence-electron chi connectivity index (χ0n) is 11.2. The van der Waals surface area contributed by atoms with Crippen LogP contribution in [0.15, 0.2) is 30.5 Å². The molecule has 0 atom stereocenters. The fourth-order valence-corrected chi connectivity index (χ4v) is 1.94. The normalized spacial score (nSPS) is 10.4. The van der Waals surface area contributed by atoms with Crippen molar-refractivity contribution in [1.29, 1.82) is 0 Å². The standard InChI is InChI=1S/C14H18N4O/c1-3-7-18-9-11(15)8-12(18)14(19)17-13-6-4-5-10(2)16-13/h4-6,8-9H,3,7,15H2,1-2H3,(H,16,17,19).